The number of rotatable bonds is 10. The minimum atomic E-state index is -3.96. The average Bonchev–Trinajstić information content (AvgIpc) is 2.76. The largest absolute Gasteiger partial charge is 0.469 e. The molecule has 2 aromatic rings. The second-order valence-corrected chi connectivity index (χ2v) is 9.22. The number of ether oxygens (including phenoxy) is 1. The van der Waals surface area contributed by atoms with Gasteiger partial charge in [-0.15, -0.1) is 0 Å². The maximum Gasteiger partial charge on any atom is 0.306 e. The zero-order valence-electron chi connectivity index (χ0n) is 17.3. The number of Topliss-reactive ketones (excluding diaryl/α,β-unsaturated/α-hetero) is 1. The molecule has 2 rings (SSSR count). The first kappa shape index (κ1) is 25.0. The number of carbonyl (C=O) groups excluding carboxylic acids is 4. The van der Waals surface area contributed by atoms with Crippen LogP contribution in [0, 0.1) is 0 Å². The second-order valence-electron chi connectivity index (χ2n) is 6.39. The van der Waals surface area contributed by atoms with Crippen molar-refractivity contribution in [2.24, 2.45) is 0 Å². The Morgan fingerprint density at radius 2 is 1.72 bits per heavy atom. The number of carbonyl (C=O) groups is 4. The zero-order valence-corrected chi connectivity index (χ0v) is 18.9. The highest BCUT2D eigenvalue weighted by Gasteiger charge is 2.16. The third kappa shape index (κ3) is 7.78. The van der Waals surface area contributed by atoms with Crippen LogP contribution in [0.3, 0.4) is 0 Å². The number of thioether (sulfide) groups is 1. The van der Waals surface area contributed by atoms with Crippen LogP contribution in [0.1, 0.15) is 30.1 Å². The molecule has 12 heteroatoms. The number of sulfonamides is 1. The number of ketones is 1. The van der Waals surface area contributed by atoms with Gasteiger partial charge in [0.15, 0.2) is 10.9 Å². The molecule has 0 saturated carbocycles. The Hall–Kier alpha value is -3.25. The van der Waals surface area contributed by atoms with Gasteiger partial charge in [-0.2, -0.15) is 0 Å². The molecule has 170 valence electrons. The molecule has 0 unspecified atom stereocenters. The van der Waals surface area contributed by atoms with Crippen molar-refractivity contribution in [1.82, 2.24) is 4.98 Å². The van der Waals surface area contributed by atoms with Crippen molar-refractivity contribution in [2.75, 3.05) is 22.9 Å². The van der Waals surface area contributed by atoms with Gasteiger partial charge in [-0.1, -0.05) is 11.8 Å². The van der Waals surface area contributed by atoms with Crippen LogP contribution in [-0.2, 0) is 29.1 Å². The average molecular weight is 480 g/mol. The third-order valence-electron chi connectivity index (χ3n) is 3.96. The molecule has 0 atom stereocenters. The van der Waals surface area contributed by atoms with E-state index < -0.39 is 21.9 Å². The van der Waals surface area contributed by atoms with E-state index >= 15 is 0 Å². The molecule has 0 radical (unpaired) electrons. The molecule has 10 nitrogen and oxygen atoms in total. The predicted molar refractivity (Wildman–Crippen MR) is 119 cm³/mol. The molecule has 32 heavy (non-hydrogen) atoms. The normalized spacial score (nSPS) is 10.8. The smallest absolute Gasteiger partial charge is 0.306 e. The lowest BCUT2D eigenvalue weighted by molar-refractivity contribution is -0.141. The second kappa shape index (κ2) is 11.4. The van der Waals surface area contributed by atoms with Gasteiger partial charge in [0, 0.05) is 30.8 Å². The minimum Gasteiger partial charge on any atom is -0.469 e. The summed E-state index contributed by atoms with van der Waals surface area (Å²) in [5.41, 5.74) is 0.622. The third-order valence-corrected chi connectivity index (χ3v) is 6.15. The van der Waals surface area contributed by atoms with Gasteiger partial charge in [0.2, 0.25) is 5.91 Å². The number of esters is 1. The Kier molecular flexibility index (Phi) is 8.91. The summed E-state index contributed by atoms with van der Waals surface area (Å²) >= 11 is 0.881. The number of anilines is 2. The topological polar surface area (TPSA) is 149 Å². The molecule has 0 aliphatic carbocycles. The number of pyridine rings is 1. The van der Waals surface area contributed by atoms with Crippen molar-refractivity contribution in [1.29, 1.82) is 0 Å². The molecule has 0 bridgehead atoms. The molecular formula is C20H21N3O7S2. The summed E-state index contributed by atoms with van der Waals surface area (Å²) in [6.45, 7) is 1.36. The van der Waals surface area contributed by atoms with E-state index in [2.05, 4.69) is 19.8 Å². The van der Waals surface area contributed by atoms with Crippen molar-refractivity contribution in [3.8, 4) is 0 Å². The Labute approximate surface area is 189 Å². The highest BCUT2D eigenvalue weighted by Crippen LogP contribution is 2.18. The van der Waals surface area contributed by atoms with Gasteiger partial charge >= 0.3 is 5.97 Å². The first-order valence-electron chi connectivity index (χ1n) is 9.23. The molecule has 1 aromatic heterocycles. The van der Waals surface area contributed by atoms with E-state index in [-0.39, 0.29) is 45.8 Å². The quantitative estimate of drug-likeness (QED) is 0.386. The van der Waals surface area contributed by atoms with E-state index in [9.17, 15) is 27.6 Å². The SMILES string of the molecule is COC(=O)CCC(=O)Nc1ccc(S(=O)(=O)Nc2ccc(C(=O)CSC(C)=O)cn2)cc1. The van der Waals surface area contributed by atoms with Crippen molar-refractivity contribution in [2.45, 2.75) is 24.7 Å². The summed E-state index contributed by atoms with van der Waals surface area (Å²) in [6, 6.07) is 8.18. The van der Waals surface area contributed by atoms with Crippen LogP contribution in [0.15, 0.2) is 47.5 Å². The van der Waals surface area contributed by atoms with Crippen molar-refractivity contribution < 1.29 is 32.3 Å². The Morgan fingerprint density at radius 1 is 1.03 bits per heavy atom. The van der Waals surface area contributed by atoms with Gasteiger partial charge < -0.3 is 10.1 Å². The number of nitrogens with one attached hydrogen (secondary N) is 2. The summed E-state index contributed by atoms with van der Waals surface area (Å²) in [4.78, 5) is 49.7. The van der Waals surface area contributed by atoms with Crippen molar-refractivity contribution >= 4 is 56.1 Å². The summed E-state index contributed by atoms with van der Waals surface area (Å²) in [5, 5.41) is 2.38. The lowest BCUT2D eigenvalue weighted by Gasteiger charge is -2.09. The Balaban J connectivity index is 1.98. The highest BCUT2D eigenvalue weighted by molar-refractivity contribution is 8.14. The molecular weight excluding hydrogens is 458 g/mol. The Bertz CT molecular complexity index is 1100. The molecule has 0 aliphatic rings. The first-order chi connectivity index (χ1) is 15.1. The zero-order chi connectivity index (χ0) is 23.7. The fourth-order valence-electron chi connectivity index (χ4n) is 2.32. The molecule has 1 amide bonds. The number of methoxy groups -OCH3 is 1. The van der Waals surface area contributed by atoms with E-state index in [4.69, 9.17) is 0 Å². The molecule has 0 saturated heterocycles. The van der Waals surface area contributed by atoms with Crippen molar-refractivity contribution in [3.05, 3.63) is 48.2 Å². The fourth-order valence-corrected chi connectivity index (χ4v) is 3.83. The number of hydrogen-bond acceptors (Lipinski definition) is 9. The predicted octanol–water partition coefficient (Wildman–Crippen LogP) is 2.24. The van der Waals surface area contributed by atoms with Crippen LogP contribution in [0.4, 0.5) is 11.5 Å². The van der Waals surface area contributed by atoms with E-state index in [1.807, 2.05) is 0 Å². The number of benzene rings is 1. The van der Waals surface area contributed by atoms with Crippen LogP contribution in [0.25, 0.3) is 0 Å². The van der Waals surface area contributed by atoms with Crippen LogP contribution in [0.5, 0.6) is 0 Å². The minimum absolute atomic E-state index is 0.0148. The van der Waals surface area contributed by atoms with Crippen LogP contribution in [-0.4, -0.2) is 49.0 Å². The summed E-state index contributed by atoms with van der Waals surface area (Å²) in [6.07, 6.45) is 1.10. The fraction of sp³-hybridized carbons (Fsp3) is 0.250. The summed E-state index contributed by atoms with van der Waals surface area (Å²) in [5.74, 6) is -1.22. The number of amides is 1. The maximum atomic E-state index is 12.5. The van der Waals surface area contributed by atoms with Gasteiger partial charge in [-0.25, -0.2) is 13.4 Å². The number of hydrogen-bond donors (Lipinski definition) is 2. The highest BCUT2D eigenvalue weighted by atomic mass is 32.2. The van der Waals surface area contributed by atoms with Gasteiger partial charge in [0.05, 0.1) is 24.2 Å². The standard InChI is InChI=1S/C20H21N3O7S2/c1-13(24)31-12-17(25)14-3-8-18(21-11-14)23-32(28,29)16-6-4-15(5-7-16)22-19(26)9-10-20(27)30-2/h3-8,11H,9-10,12H2,1-2H3,(H,21,23)(H,22,26). The van der Waals surface area contributed by atoms with E-state index in [0.717, 1.165) is 11.8 Å². The van der Waals surface area contributed by atoms with Crippen molar-refractivity contribution in [3.63, 3.8) is 0 Å². The van der Waals surface area contributed by atoms with E-state index in [1.165, 1.54) is 56.6 Å². The van der Waals surface area contributed by atoms with Gasteiger partial charge in [-0.3, -0.25) is 23.9 Å². The first-order valence-corrected chi connectivity index (χ1v) is 11.7. The van der Waals surface area contributed by atoms with Gasteiger partial charge in [0.1, 0.15) is 5.82 Å². The monoisotopic (exact) mass is 479 g/mol. The molecule has 2 N–H and O–H groups in total. The molecule has 0 spiro atoms. The molecule has 1 heterocycles. The van der Waals surface area contributed by atoms with Crippen LogP contribution in [0.2, 0.25) is 0 Å². The Morgan fingerprint density at radius 3 is 2.28 bits per heavy atom. The summed E-state index contributed by atoms with van der Waals surface area (Å²) in [7, 11) is -2.73. The van der Waals surface area contributed by atoms with Crippen LogP contribution < -0.4 is 10.0 Å². The maximum absolute atomic E-state index is 12.5. The van der Waals surface area contributed by atoms with Gasteiger partial charge in [-0.05, 0) is 36.4 Å². The van der Waals surface area contributed by atoms with E-state index in [0.29, 0.717) is 5.69 Å². The van der Waals surface area contributed by atoms with E-state index in [1.54, 1.807) is 0 Å². The lowest BCUT2D eigenvalue weighted by Crippen LogP contribution is -2.15. The van der Waals surface area contributed by atoms with Gasteiger partial charge in [0.25, 0.3) is 10.0 Å². The van der Waals surface area contributed by atoms with Crippen LogP contribution >= 0.6 is 11.8 Å². The number of aromatic nitrogens is 1. The molecule has 0 fully saturated rings. The molecule has 1 aromatic carbocycles. The lowest BCUT2D eigenvalue weighted by atomic mass is 10.2. The number of nitrogens with zero attached hydrogens (tertiary/aromatic N) is 1. The summed E-state index contributed by atoms with van der Waals surface area (Å²) < 4.78 is 31.9. The molecule has 0 aliphatic heterocycles.